The van der Waals surface area contributed by atoms with Gasteiger partial charge in [0.25, 0.3) is 5.91 Å². The van der Waals surface area contributed by atoms with Crippen LogP contribution in [0.2, 0.25) is 0 Å². The van der Waals surface area contributed by atoms with Crippen molar-refractivity contribution >= 4 is 16.8 Å². The van der Waals surface area contributed by atoms with Crippen molar-refractivity contribution in [1.29, 1.82) is 0 Å². The lowest BCUT2D eigenvalue weighted by molar-refractivity contribution is 0.0954. The first-order valence-electron chi connectivity index (χ1n) is 8.37. The standard InChI is InChI=1S/C21H19N3O/c25-21(18-5-7-19(8-6-18)24-13-1-2-14-24)23-11-9-16-3-4-17-10-12-22-20(17)15-16/h1-8,10,12-15,22H,9,11H2,(H,23,25). The maximum absolute atomic E-state index is 12.3. The van der Waals surface area contributed by atoms with Gasteiger partial charge in [0.15, 0.2) is 0 Å². The maximum Gasteiger partial charge on any atom is 0.251 e. The summed E-state index contributed by atoms with van der Waals surface area (Å²) in [5.74, 6) is -0.0417. The Bertz CT molecular complexity index is 982. The zero-order valence-electron chi connectivity index (χ0n) is 13.8. The Morgan fingerprint density at radius 3 is 2.60 bits per heavy atom. The van der Waals surface area contributed by atoms with Crippen LogP contribution in [-0.4, -0.2) is 22.0 Å². The third-order valence-electron chi connectivity index (χ3n) is 4.35. The molecule has 0 aliphatic carbocycles. The SMILES string of the molecule is O=C(NCCc1ccc2cc[nH]c2c1)c1ccc(-n2cccc2)cc1. The number of carbonyl (C=O) groups excluding carboxylic acids is 1. The van der Waals surface area contributed by atoms with Crippen molar-refractivity contribution < 1.29 is 4.79 Å². The first kappa shape index (κ1) is 15.3. The summed E-state index contributed by atoms with van der Waals surface area (Å²) in [5.41, 5.74) is 4.05. The van der Waals surface area contributed by atoms with Crippen LogP contribution in [0.3, 0.4) is 0 Å². The van der Waals surface area contributed by atoms with Crippen molar-refractivity contribution in [2.24, 2.45) is 0 Å². The summed E-state index contributed by atoms with van der Waals surface area (Å²) in [7, 11) is 0. The van der Waals surface area contributed by atoms with Crippen LogP contribution in [0.25, 0.3) is 16.6 Å². The Morgan fingerprint density at radius 1 is 1.00 bits per heavy atom. The highest BCUT2D eigenvalue weighted by atomic mass is 16.1. The first-order valence-corrected chi connectivity index (χ1v) is 8.37. The molecule has 0 atom stereocenters. The van der Waals surface area contributed by atoms with Gasteiger partial charge in [-0.05, 0) is 65.9 Å². The Kier molecular flexibility index (Phi) is 4.09. The van der Waals surface area contributed by atoms with Crippen molar-refractivity contribution in [3.05, 3.63) is 90.4 Å². The molecule has 1 amide bonds. The molecular formula is C21H19N3O. The van der Waals surface area contributed by atoms with E-state index >= 15 is 0 Å². The highest BCUT2D eigenvalue weighted by Gasteiger charge is 2.05. The quantitative estimate of drug-likeness (QED) is 0.573. The minimum absolute atomic E-state index is 0.0417. The van der Waals surface area contributed by atoms with Crippen LogP contribution in [0.5, 0.6) is 0 Å². The number of amides is 1. The number of benzene rings is 2. The number of aromatic nitrogens is 2. The molecule has 0 saturated heterocycles. The number of nitrogens with one attached hydrogen (secondary N) is 2. The lowest BCUT2D eigenvalue weighted by Gasteiger charge is -2.07. The summed E-state index contributed by atoms with van der Waals surface area (Å²) in [5, 5.41) is 4.19. The van der Waals surface area contributed by atoms with E-state index < -0.39 is 0 Å². The Balaban J connectivity index is 1.35. The van der Waals surface area contributed by atoms with Gasteiger partial charge in [-0.15, -0.1) is 0 Å². The monoisotopic (exact) mass is 329 g/mol. The fourth-order valence-electron chi connectivity index (χ4n) is 2.96. The second-order valence-electron chi connectivity index (χ2n) is 6.04. The van der Waals surface area contributed by atoms with Gasteiger partial charge >= 0.3 is 0 Å². The molecule has 0 aliphatic rings. The Labute approximate surface area is 146 Å². The molecule has 0 saturated carbocycles. The van der Waals surface area contributed by atoms with Gasteiger partial charge in [-0.25, -0.2) is 0 Å². The first-order chi connectivity index (χ1) is 12.3. The molecule has 25 heavy (non-hydrogen) atoms. The number of carbonyl (C=O) groups is 1. The molecule has 4 heteroatoms. The molecule has 2 aromatic carbocycles. The molecular weight excluding hydrogens is 310 g/mol. The van der Waals surface area contributed by atoms with Gasteiger partial charge in [0.1, 0.15) is 0 Å². The molecule has 4 nitrogen and oxygen atoms in total. The number of nitrogens with zero attached hydrogens (tertiary/aromatic N) is 1. The molecule has 124 valence electrons. The van der Waals surface area contributed by atoms with Crippen LogP contribution in [0.15, 0.2) is 79.3 Å². The van der Waals surface area contributed by atoms with Gasteiger partial charge in [-0.1, -0.05) is 12.1 Å². The number of rotatable bonds is 5. The van der Waals surface area contributed by atoms with E-state index in [9.17, 15) is 4.79 Å². The van der Waals surface area contributed by atoms with Crippen molar-refractivity contribution in [2.75, 3.05) is 6.54 Å². The molecule has 0 spiro atoms. The van der Waals surface area contributed by atoms with E-state index in [0.717, 1.165) is 17.6 Å². The minimum atomic E-state index is -0.0417. The summed E-state index contributed by atoms with van der Waals surface area (Å²) < 4.78 is 2.01. The lowest BCUT2D eigenvalue weighted by atomic mass is 10.1. The second-order valence-corrected chi connectivity index (χ2v) is 6.04. The summed E-state index contributed by atoms with van der Waals surface area (Å²) in [6, 6.07) is 20.0. The van der Waals surface area contributed by atoms with Gasteiger partial charge in [0.05, 0.1) is 0 Å². The second kappa shape index (κ2) is 6.69. The third-order valence-corrected chi connectivity index (χ3v) is 4.35. The summed E-state index contributed by atoms with van der Waals surface area (Å²) in [6.45, 7) is 0.615. The van der Waals surface area contributed by atoms with E-state index in [1.165, 1.54) is 10.9 Å². The summed E-state index contributed by atoms with van der Waals surface area (Å²) >= 11 is 0. The zero-order chi connectivity index (χ0) is 17.1. The smallest absolute Gasteiger partial charge is 0.251 e. The maximum atomic E-state index is 12.3. The molecule has 0 unspecified atom stereocenters. The molecule has 2 heterocycles. The predicted molar refractivity (Wildman–Crippen MR) is 100 cm³/mol. The summed E-state index contributed by atoms with van der Waals surface area (Å²) in [4.78, 5) is 15.5. The van der Waals surface area contributed by atoms with Crippen LogP contribution in [-0.2, 0) is 6.42 Å². The van der Waals surface area contributed by atoms with Gasteiger partial charge in [-0.3, -0.25) is 4.79 Å². The van der Waals surface area contributed by atoms with E-state index in [1.807, 2.05) is 59.6 Å². The molecule has 2 N–H and O–H groups in total. The molecule has 4 rings (SSSR count). The number of H-pyrrole nitrogens is 1. The van der Waals surface area contributed by atoms with E-state index in [-0.39, 0.29) is 5.91 Å². The highest BCUT2D eigenvalue weighted by Crippen LogP contribution is 2.14. The van der Waals surface area contributed by atoms with Crippen LogP contribution in [0, 0.1) is 0 Å². The predicted octanol–water partition coefficient (Wildman–Crippen LogP) is 3.93. The van der Waals surface area contributed by atoms with Crippen molar-refractivity contribution in [2.45, 2.75) is 6.42 Å². The average Bonchev–Trinajstić information content (AvgIpc) is 3.33. The highest BCUT2D eigenvalue weighted by molar-refractivity contribution is 5.94. The van der Waals surface area contributed by atoms with Crippen LogP contribution < -0.4 is 5.32 Å². The number of hydrogen-bond acceptors (Lipinski definition) is 1. The van der Waals surface area contributed by atoms with E-state index in [4.69, 9.17) is 0 Å². The van der Waals surface area contributed by atoms with Crippen LogP contribution >= 0.6 is 0 Å². The third kappa shape index (κ3) is 3.33. The minimum Gasteiger partial charge on any atom is -0.361 e. The lowest BCUT2D eigenvalue weighted by Crippen LogP contribution is -2.25. The average molecular weight is 329 g/mol. The van der Waals surface area contributed by atoms with Gasteiger partial charge < -0.3 is 14.9 Å². The molecule has 0 bridgehead atoms. The van der Waals surface area contributed by atoms with Crippen LogP contribution in [0.1, 0.15) is 15.9 Å². The molecule has 4 aromatic rings. The fraction of sp³-hybridized carbons (Fsp3) is 0.0952. The number of aromatic amines is 1. The zero-order valence-corrected chi connectivity index (χ0v) is 13.8. The van der Waals surface area contributed by atoms with E-state index in [0.29, 0.717) is 12.1 Å². The van der Waals surface area contributed by atoms with Gasteiger partial charge in [-0.2, -0.15) is 0 Å². The molecule has 0 radical (unpaired) electrons. The van der Waals surface area contributed by atoms with E-state index in [1.54, 1.807) is 0 Å². The van der Waals surface area contributed by atoms with Crippen molar-refractivity contribution in [3.8, 4) is 5.69 Å². The van der Waals surface area contributed by atoms with Gasteiger partial charge in [0.2, 0.25) is 0 Å². The fourth-order valence-corrected chi connectivity index (χ4v) is 2.96. The molecule has 0 fully saturated rings. The van der Waals surface area contributed by atoms with Gasteiger partial charge in [0, 0.05) is 41.9 Å². The largest absolute Gasteiger partial charge is 0.361 e. The van der Waals surface area contributed by atoms with E-state index in [2.05, 4.69) is 34.6 Å². The molecule has 2 aromatic heterocycles. The Hall–Kier alpha value is -3.27. The Morgan fingerprint density at radius 2 is 1.80 bits per heavy atom. The normalized spacial score (nSPS) is 10.9. The van der Waals surface area contributed by atoms with Crippen LogP contribution in [0.4, 0.5) is 0 Å². The van der Waals surface area contributed by atoms with Crippen molar-refractivity contribution in [1.82, 2.24) is 14.9 Å². The molecule has 0 aliphatic heterocycles. The summed E-state index contributed by atoms with van der Waals surface area (Å²) in [6.07, 6.45) is 6.71. The topological polar surface area (TPSA) is 49.8 Å². The van der Waals surface area contributed by atoms with Crippen molar-refractivity contribution in [3.63, 3.8) is 0 Å². The number of fused-ring (bicyclic) bond motifs is 1. The number of hydrogen-bond donors (Lipinski definition) is 2.